The van der Waals surface area contributed by atoms with Crippen molar-refractivity contribution in [3.63, 3.8) is 0 Å². The number of rotatable bonds is 5. The van der Waals surface area contributed by atoms with Crippen LogP contribution >= 0.6 is 0 Å². The van der Waals surface area contributed by atoms with Crippen molar-refractivity contribution in [3.8, 4) is 0 Å². The third kappa shape index (κ3) is 4.23. The Kier molecular flexibility index (Phi) is 5.32. The standard InChI is InChI=1S/C12H21NO3/c1-2-10(14)11(16-12(13)15)8-9-6-4-3-5-7-9/h2,9-11,14H,1,3-8H2,(H2,13,15). The maximum atomic E-state index is 10.7. The summed E-state index contributed by atoms with van der Waals surface area (Å²) in [6, 6.07) is 0. The molecule has 0 heterocycles. The van der Waals surface area contributed by atoms with Gasteiger partial charge in [-0.2, -0.15) is 0 Å². The molecule has 1 aliphatic rings. The molecule has 1 aliphatic carbocycles. The van der Waals surface area contributed by atoms with Crippen molar-refractivity contribution in [2.45, 2.75) is 50.7 Å². The molecule has 4 nitrogen and oxygen atoms in total. The number of amides is 1. The van der Waals surface area contributed by atoms with Crippen LogP contribution in [0.1, 0.15) is 38.5 Å². The Labute approximate surface area is 96.5 Å². The van der Waals surface area contributed by atoms with Crippen molar-refractivity contribution in [1.82, 2.24) is 0 Å². The largest absolute Gasteiger partial charge is 0.443 e. The van der Waals surface area contributed by atoms with Crippen molar-refractivity contribution in [1.29, 1.82) is 0 Å². The first-order valence-corrected chi connectivity index (χ1v) is 5.90. The van der Waals surface area contributed by atoms with E-state index in [0.29, 0.717) is 12.3 Å². The van der Waals surface area contributed by atoms with Crippen molar-refractivity contribution < 1.29 is 14.6 Å². The fourth-order valence-electron chi connectivity index (χ4n) is 2.31. The van der Waals surface area contributed by atoms with Crippen LogP contribution < -0.4 is 5.73 Å². The molecule has 2 unspecified atom stereocenters. The molecule has 0 aliphatic heterocycles. The minimum atomic E-state index is -0.832. The van der Waals surface area contributed by atoms with Gasteiger partial charge in [0.2, 0.25) is 0 Å². The summed E-state index contributed by atoms with van der Waals surface area (Å²) < 4.78 is 4.92. The van der Waals surface area contributed by atoms with Crippen LogP contribution in [0.15, 0.2) is 12.7 Å². The zero-order valence-corrected chi connectivity index (χ0v) is 9.60. The third-order valence-electron chi connectivity index (χ3n) is 3.18. The zero-order chi connectivity index (χ0) is 12.0. The van der Waals surface area contributed by atoms with Gasteiger partial charge < -0.3 is 15.6 Å². The van der Waals surface area contributed by atoms with Gasteiger partial charge >= 0.3 is 6.09 Å². The minimum absolute atomic E-state index is 0.521. The number of aliphatic hydroxyl groups excluding tert-OH is 1. The lowest BCUT2D eigenvalue weighted by Crippen LogP contribution is -2.34. The maximum absolute atomic E-state index is 10.7. The molecule has 0 aromatic rings. The molecule has 16 heavy (non-hydrogen) atoms. The van der Waals surface area contributed by atoms with Gasteiger partial charge in [0.25, 0.3) is 0 Å². The summed E-state index contributed by atoms with van der Waals surface area (Å²) in [7, 11) is 0. The lowest BCUT2D eigenvalue weighted by Gasteiger charge is -2.27. The van der Waals surface area contributed by atoms with Crippen LogP contribution in [0.2, 0.25) is 0 Å². The van der Waals surface area contributed by atoms with Crippen LogP contribution in [0, 0.1) is 5.92 Å². The summed E-state index contributed by atoms with van der Waals surface area (Å²) in [6.07, 6.45) is 5.87. The first-order chi connectivity index (χ1) is 7.63. The summed E-state index contributed by atoms with van der Waals surface area (Å²) in [5, 5.41) is 9.65. The van der Waals surface area contributed by atoms with Crippen LogP contribution in [0.25, 0.3) is 0 Å². The molecule has 0 aromatic carbocycles. The van der Waals surface area contributed by atoms with E-state index in [2.05, 4.69) is 6.58 Å². The lowest BCUT2D eigenvalue weighted by molar-refractivity contribution is 0.0127. The molecule has 2 atom stereocenters. The molecule has 1 saturated carbocycles. The molecule has 1 rings (SSSR count). The monoisotopic (exact) mass is 227 g/mol. The van der Waals surface area contributed by atoms with Crippen molar-refractivity contribution >= 4 is 6.09 Å². The van der Waals surface area contributed by atoms with Gasteiger partial charge in [-0.3, -0.25) is 0 Å². The van der Waals surface area contributed by atoms with Crippen molar-refractivity contribution in [2.75, 3.05) is 0 Å². The molecule has 4 heteroatoms. The highest BCUT2D eigenvalue weighted by Crippen LogP contribution is 2.28. The highest BCUT2D eigenvalue weighted by molar-refractivity contribution is 5.64. The fraction of sp³-hybridized carbons (Fsp3) is 0.750. The normalized spacial score (nSPS) is 21.1. The SMILES string of the molecule is C=CC(O)C(CC1CCCCC1)OC(N)=O. The Bertz CT molecular complexity index is 236. The Morgan fingerprint density at radius 3 is 2.62 bits per heavy atom. The van der Waals surface area contributed by atoms with Crippen LogP contribution in [0.4, 0.5) is 4.79 Å². The molecular formula is C12H21NO3. The number of carbonyl (C=O) groups is 1. The minimum Gasteiger partial charge on any atom is -0.443 e. The molecule has 0 spiro atoms. The van der Waals surface area contributed by atoms with E-state index in [4.69, 9.17) is 10.5 Å². The Hall–Kier alpha value is -1.03. The number of aliphatic hydroxyl groups is 1. The topological polar surface area (TPSA) is 72.6 Å². The smallest absolute Gasteiger partial charge is 0.404 e. The van der Waals surface area contributed by atoms with E-state index in [9.17, 15) is 9.90 Å². The highest BCUT2D eigenvalue weighted by Gasteiger charge is 2.25. The fourth-order valence-corrected chi connectivity index (χ4v) is 2.31. The van der Waals surface area contributed by atoms with E-state index in [1.807, 2.05) is 0 Å². The van der Waals surface area contributed by atoms with Gasteiger partial charge in [-0.05, 0) is 12.3 Å². The number of primary amides is 1. The van der Waals surface area contributed by atoms with E-state index in [0.717, 1.165) is 12.8 Å². The van der Waals surface area contributed by atoms with Gasteiger partial charge in [0.15, 0.2) is 0 Å². The molecule has 0 saturated heterocycles. The summed E-state index contributed by atoms with van der Waals surface area (Å²) in [6.45, 7) is 3.50. The Balaban J connectivity index is 2.47. The van der Waals surface area contributed by atoms with Gasteiger partial charge in [0.1, 0.15) is 12.2 Å². The number of ether oxygens (including phenoxy) is 1. The number of nitrogens with two attached hydrogens (primary N) is 1. The van der Waals surface area contributed by atoms with Crippen LogP contribution in [0.3, 0.4) is 0 Å². The second-order valence-electron chi connectivity index (χ2n) is 4.44. The predicted octanol–water partition coefficient (Wildman–Crippen LogP) is 1.97. The third-order valence-corrected chi connectivity index (χ3v) is 3.18. The second kappa shape index (κ2) is 6.53. The van der Waals surface area contributed by atoms with E-state index >= 15 is 0 Å². The van der Waals surface area contributed by atoms with E-state index in [1.54, 1.807) is 0 Å². The molecule has 3 N–H and O–H groups in total. The summed E-state index contributed by atoms with van der Waals surface area (Å²) in [5.41, 5.74) is 4.98. The molecule has 1 fully saturated rings. The zero-order valence-electron chi connectivity index (χ0n) is 9.60. The molecule has 0 radical (unpaired) electrons. The number of hydrogen-bond acceptors (Lipinski definition) is 3. The van der Waals surface area contributed by atoms with Gasteiger partial charge in [-0.15, -0.1) is 6.58 Å². The highest BCUT2D eigenvalue weighted by atomic mass is 16.6. The molecular weight excluding hydrogens is 206 g/mol. The quantitative estimate of drug-likeness (QED) is 0.705. The molecule has 0 bridgehead atoms. The van der Waals surface area contributed by atoms with Gasteiger partial charge in [-0.1, -0.05) is 38.2 Å². The molecule has 0 aromatic heterocycles. The Morgan fingerprint density at radius 2 is 2.12 bits per heavy atom. The predicted molar refractivity (Wildman–Crippen MR) is 61.9 cm³/mol. The van der Waals surface area contributed by atoms with Crippen LogP contribution in [-0.4, -0.2) is 23.4 Å². The van der Waals surface area contributed by atoms with Gasteiger partial charge in [-0.25, -0.2) is 4.79 Å². The van der Waals surface area contributed by atoms with Crippen LogP contribution in [-0.2, 0) is 4.74 Å². The summed E-state index contributed by atoms with van der Waals surface area (Å²) >= 11 is 0. The lowest BCUT2D eigenvalue weighted by atomic mass is 9.84. The van der Waals surface area contributed by atoms with E-state index in [-0.39, 0.29) is 0 Å². The van der Waals surface area contributed by atoms with Gasteiger partial charge in [0, 0.05) is 0 Å². The molecule has 92 valence electrons. The van der Waals surface area contributed by atoms with E-state index < -0.39 is 18.3 Å². The first-order valence-electron chi connectivity index (χ1n) is 5.90. The molecule has 1 amide bonds. The average Bonchev–Trinajstić information content (AvgIpc) is 2.28. The first kappa shape index (κ1) is 13.0. The van der Waals surface area contributed by atoms with Crippen molar-refractivity contribution in [2.24, 2.45) is 11.7 Å². The van der Waals surface area contributed by atoms with Crippen molar-refractivity contribution in [3.05, 3.63) is 12.7 Å². The maximum Gasteiger partial charge on any atom is 0.404 e. The van der Waals surface area contributed by atoms with Crippen LogP contribution in [0.5, 0.6) is 0 Å². The summed E-state index contributed by atoms with van der Waals surface area (Å²) in [5.74, 6) is 0.521. The summed E-state index contributed by atoms with van der Waals surface area (Å²) in [4.78, 5) is 10.7. The number of carbonyl (C=O) groups excluding carboxylic acids is 1. The Morgan fingerprint density at radius 1 is 1.50 bits per heavy atom. The number of hydrogen-bond donors (Lipinski definition) is 2. The second-order valence-corrected chi connectivity index (χ2v) is 4.44. The average molecular weight is 227 g/mol. The van der Waals surface area contributed by atoms with Gasteiger partial charge in [0.05, 0.1) is 0 Å². The van der Waals surface area contributed by atoms with E-state index in [1.165, 1.54) is 25.3 Å².